The summed E-state index contributed by atoms with van der Waals surface area (Å²) in [4.78, 5) is 17.1. The van der Waals surface area contributed by atoms with Crippen molar-refractivity contribution in [2.45, 2.75) is 46.3 Å². The van der Waals surface area contributed by atoms with Crippen molar-refractivity contribution in [3.05, 3.63) is 18.2 Å². The lowest BCUT2D eigenvalue weighted by atomic mass is 10.2. The highest BCUT2D eigenvalue weighted by Crippen LogP contribution is 2.09. The number of carbonyl (C=O) groups is 1. The van der Waals surface area contributed by atoms with Crippen LogP contribution in [0.15, 0.2) is 12.4 Å². The molecule has 17 heavy (non-hydrogen) atoms. The summed E-state index contributed by atoms with van der Waals surface area (Å²) < 4.78 is 2.04. The minimum Gasteiger partial charge on any atom is -0.480 e. The Labute approximate surface area is 102 Å². The lowest BCUT2D eigenvalue weighted by Gasteiger charge is -2.26. The van der Waals surface area contributed by atoms with Gasteiger partial charge in [-0.1, -0.05) is 6.92 Å². The van der Waals surface area contributed by atoms with E-state index in [4.69, 9.17) is 5.11 Å². The minimum absolute atomic E-state index is 0.0611. The third-order valence-corrected chi connectivity index (χ3v) is 3.04. The van der Waals surface area contributed by atoms with Crippen molar-refractivity contribution in [3.8, 4) is 0 Å². The number of aromatic nitrogens is 2. The van der Waals surface area contributed by atoms with Crippen molar-refractivity contribution in [2.75, 3.05) is 6.54 Å². The monoisotopic (exact) mass is 239 g/mol. The summed E-state index contributed by atoms with van der Waals surface area (Å²) in [6.45, 7) is 7.66. The molecule has 0 bridgehead atoms. The molecule has 0 saturated heterocycles. The van der Waals surface area contributed by atoms with E-state index in [2.05, 4.69) is 18.8 Å². The average Bonchev–Trinajstić information content (AvgIpc) is 2.73. The molecule has 1 unspecified atom stereocenters. The summed E-state index contributed by atoms with van der Waals surface area (Å²) in [5.74, 6) is 0.133. The fourth-order valence-corrected chi connectivity index (χ4v) is 1.76. The molecule has 0 aliphatic rings. The van der Waals surface area contributed by atoms with E-state index in [1.165, 1.54) is 0 Å². The van der Waals surface area contributed by atoms with E-state index >= 15 is 0 Å². The molecule has 0 radical (unpaired) electrons. The van der Waals surface area contributed by atoms with Gasteiger partial charge in [-0.15, -0.1) is 0 Å². The summed E-state index contributed by atoms with van der Waals surface area (Å²) in [7, 11) is 0. The number of carboxylic acid groups (broad SMARTS) is 1. The molecule has 0 amide bonds. The highest BCUT2D eigenvalue weighted by atomic mass is 16.4. The maximum atomic E-state index is 10.8. The van der Waals surface area contributed by atoms with Crippen molar-refractivity contribution in [1.82, 2.24) is 14.5 Å². The van der Waals surface area contributed by atoms with Gasteiger partial charge in [0.1, 0.15) is 5.82 Å². The Morgan fingerprint density at radius 3 is 2.82 bits per heavy atom. The first-order valence-electron chi connectivity index (χ1n) is 6.04. The molecule has 1 aromatic heterocycles. The van der Waals surface area contributed by atoms with E-state index in [1.54, 1.807) is 6.20 Å². The van der Waals surface area contributed by atoms with Crippen LogP contribution < -0.4 is 0 Å². The second-order valence-electron chi connectivity index (χ2n) is 4.19. The second kappa shape index (κ2) is 6.39. The first kappa shape index (κ1) is 13.7. The smallest absolute Gasteiger partial charge is 0.317 e. The van der Waals surface area contributed by atoms with Gasteiger partial charge in [-0.25, -0.2) is 4.98 Å². The van der Waals surface area contributed by atoms with Gasteiger partial charge in [0.15, 0.2) is 0 Å². The van der Waals surface area contributed by atoms with E-state index in [9.17, 15) is 4.79 Å². The largest absolute Gasteiger partial charge is 0.480 e. The molecule has 5 heteroatoms. The van der Waals surface area contributed by atoms with Gasteiger partial charge in [-0.3, -0.25) is 9.69 Å². The molecule has 0 spiro atoms. The van der Waals surface area contributed by atoms with Gasteiger partial charge in [0, 0.05) is 25.0 Å². The molecule has 0 aromatic carbocycles. The van der Waals surface area contributed by atoms with Crippen LogP contribution >= 0.6 is 0 Å². The second-order valence-corrected chi connectivity index (χ2v) is 4.19. The van der Waals surface area contributed by atoms with Crippen LogP contribution in [0.5, 0.6) is 0 Å². The maximum Gasteiger partial charge on any atom is 0.317 e. The Morgan fingerprint density at radius 1 is 1.59 bits per heavy atom. The van der Waals surface area contributed by atoms with Crippen LogP contribution in [-0.4, -0.2) is 38.1 Å². The van der Waals surface area contributed by atoms with Crippen molar-refractivity contribution in [2.24, 2.45) is 0 Å². The van der Waals surface area contributed by atoms with Crippen LogP contribution in [-0.2, 0) is 17.9 Å². The SMILES string of the molecule is CCC(C)N(CC(=O)O)Cc1nccn1CC. The molecule has 1 aromatic rings. The number of imidazole rings is 1. The van der Waals surface area contributed by atoms with Crippen LogP contribution in [0.3, 0.4) is 0 Å². The van der Waals surface area contributed by atoms with E-state index in [-0.39, 0.29) is 12.6 Å². The first-order valence-corrected chi connectivity index (χ1v) is 6.04. The normalized spacial score (nSPS) is 12.9. The Hall–Kier alpha value is -1.36. The predicted octanol–water partition coefficient (Wildman–Crippen LogP) is 1.59. The van der Waals surface area contributed by atoms with Crippen molar-refractivity contribution >= 4 is 5.97 Å². The lowest BCUT2D eigenvalue weighted by molar-refractivity contribution is -0.139. The fraction of sp³-hybridized carbons (Fsp3) is 0.667. The molecule has 96 valence electrons. The van der Waals surface area contributed by atoms with Gasteiger partial charge in [0.05, 0.1) is 13.1 Å². The molecule has 5 nitrogen and oxygen atoms in total. The summed E-state index contributed by atoms with van der Waals surface area (Å²) in [6.07, 6.45) is 4.61. The van der Waals surface area contributed by atoms with Gasteiger partial charge in [0.2, 0.25) is 0 Å². The van der Waals surface area contributed by atoms with E-state index in [0.717, 1.165) is 18.8 Å². The van der Waals surface area contributed by atoms with Crippen LogP contribution in [0.1, 0.15) is 33.0 Å². The minimum atomic E-state index is -0.792. The number of nitrogens with zero attached hydrogens (tertiary/aromatic N) is 3. The molecular formula is C12H21N3O2. The molecule has 0 saturated carbocycles. The Kier molecular flexibility index (Phi) is 5.15. The third kappa shape index (κ3) is 3.85. The number of aryl methyl sites for hydroxylation is 1. The number of hydrogen-bond acceptors (Lipinski definition) is 3. The molecule has 1 rings (SSSR count). The third-order valence-electron chi connectivity index (χ3n) is 3.04. The molecule has 1 atom stereocenters. The van der Waals surface area contributed by atoms with Crippen molar-refractivity contribution < 1.29 is 9.90 Å². The van der Waals surface area contributed by atoms with E-state index in [0.29, 0.717) is 6.54 Å². The summed E-state index contributed by atoms with van der Waals surface area (Å²) in [5.41, 5.74) is 0. The Bertz CT molecular complexity index is 362. The first-order chi connectivity index (χ1) is 8.08. The molecule has 1 heterocycles. The Morgan fingerprint density at radius 2 is 2.29 bits per heavy atom. The number of aliphatic carboxylic acids is 1. The molecule has 0 aliphatic carbocycles. The van der Waals surface area contributed by atoms with Gasteiger partial charge < -0.3 is 9.67 Å². The Balaban J connectivity index is 2.75. The molecular weight excluding hydrogens is 218 g/mol. The van der Waals surface area contributed by atoms with Crippen LogP contribution in [0.25, 0.3) is 0 Å². The number of rotatable bonds is 7. The van der Waals surface area contributed by atoms with Gasteiger partial charge in [-0.05, 0) is 20.3 Å². The molecule has 1 N–H and O–H groups in total. The zero-order valence-electron chi connectivity index (χ0n) is 10.8. The lowest BCUT2D eigenvalue weighted by Crippen LogP contribution is -2.37. The van der Waals surface area contributed by atoms with Crippen LogP contribution in [0.2, 0.25) is 0 Å². The van der Waals surface area contributed by atoms with Crippen LogP contribution in [0, 0.1) is 0 Å². The summed E-state index contributed by atoms with van der Waals surface area (Å²) >= 11 is 0. The average molecular weight is 239 g/mol. The number of carboxylic acids is 1. The fourth-order valence-electron chi connectivity index (χ4n) is 1.76. The summed E-state index contributed by atoms with van der Waals surface area (Å²) in [6, 6.07) is 0.244. The predicted molar refractivity (Wildman–Crippen MR) is 65.7 cm³/mol. The maximum absolute atomic E-state index is 10.8. The van der Waals surface area contributed by atoms with Crippen LogP contribution in [0.4, 0.5) is 0 Å². The topological polar surface area (TPSA) is 58.4 Å². The standard InChI is InChI=1S/C12H21N3O2/c1-4-10(3)15(9-12(16)17)8-11-13-6-7-14(11)5-2/h6-7,10H,4-5,8-9H2,1-3H3,(H,16,17). The summed E-state index contributed by atoms with van der Waals surface area (Å²) in [5, 5.41) is 8.91. The zero-order chi connectivity index (χ0) is 12.8. The van der Waals surface area contributed by atoms with E-state index in [1.807, 2.05) is 22.6 Å². The number of hydrogen-bond donors (Lipinski definition) is 1. The highest BCUT2D eigenvalue weighted by molar-refractivity contribution is 5.69. The van der Waals surface area contributed by atoms with Gasteiger partial charge >= 0.3 is 5.97 Å². The van der Waals surface area contributed by atoms with Gasteiger partial charge in [0.25, 0.3) is 0 Å². The molecule has 0 aliphatic heterocycles. The van der Waals surface area contributed by atoms with Crippen molar-refractivity contribution in [3.63, 3.8) is 0 Å². The molecule has 0 fully saturated rings. The van der Waals surface area contributed by atoms with E-state index < -0.39 is 5.97 Å². The van der Waals surface area contributed by atoms with Crippen molar-refractivity contribution in [1.29, 1.82) is 0 Å². The zero-order valence-corrected chi connectivity index (χ0v) is 10.8. The quantitative estimate of drug-likeness (QED) is 0.785. The van der Waals surface area contributed by atoms with Gasteiger partial charge in [-0.2, -0.15) is 0 Å². The highest BCUT2D eigenvalue weighted by Gasteiger charge is 2.17.